The fraction of sp³-hybridized carbons (Fsp3) is 0.500. The molecule has 144 valence electrons. The van der Waals surface area contributed by atoms with Crippen molar-refractivity contribution < 1.29 is 9.57 Å². The zero-order valence-corrected chi connectivity index (χ0v) is 16.7. The molecule has 0 unspecified atom stereocenters. The average molecular weight is 420 g/mol. The first-order valence-electron chi connectivity index (χ1n) is 8.18. The van der Waals surface area contributed by atoms with Gasteiger partial charge in [-0.2, -0.15) is 21.8 Å². The highest BCUT2D eigenvalue weighted by atomic mass is 35.5. The van der Waals surface area contributed by atoms with Crippen LogP contribution in [0.2, 0.25) is 5.02 Å². The van der Waals surface area contributed by atoms with Gasteiger partial charge in [0.05, 0.1) is 13.2 Å². The normalized spacial score (nSPS) is 18.7. The lowest BCUT2D eigenvalue weighted by Crippen LogP contribution is -2.58. The van der Waals surface area contributed by atoms with Gasteiger partial charge in [0, 0.05) is 24.3 Å². The minimum Gasteiger partial charge on any atom is -0.493 e. The van der Waals surface area contributed by atoms with E-state index in [1.54, 1.807) is 11.1 Å². The van der Waals surface area contributed by atoms with Gasteiger partial charge in [0.25, 0.3) is 0 Å². The summed E-state index contributed by atoms with van der Waals surface area (Å²) >= 11 is 7.83. The van der Waals surface area contributed by atoms with E-state index in [2.05, 4.69) is 9.98 Å². The highest BCUT2D eigenvalue weighted by Gasteiger charge is 2.43. The molecule has 0 amide bonds. The zero-order chi connectivity index (χ0) is 17.7. The van der Waals surface area contributed by atoms with Gasteiger partial charge in [0.15, 0.2) is 5.66 Å². The molecule has 1 aromatic rings. The Morgan fingerprint density at radius 2 is 2.00 bits per heavy atom. The standard InChI is InChI=1S/C16H22ClN5O2S.ClH/c17-12-3-1-4-13(11-12)23-7-2-8-24-22-15(19)20-14(18)21-16(22)5-9-25-10-6-16;/h1,3-4,11H,2,5-10H2,(H4,18,19,20,21);1H. The van der Waals surface area contributed by atoms with Crippen molar-refractivity contribution in [1.82, 2.24) is 5.06 Å². The highest BCUT2D eigenvalue weighted by molar-refractivity contribution is 7.99. The van der Waals surface area contributed by atoms with Crippen molar-refractivity contribution in [2.75, 3.05) is 24.7 Å². The largest absolute Gasteiger partial charge is 0.493 e. The lowest BCUT2D eigenvalue weighted by atomic mass is 10.0. The number of guanidine groups is 2. The molecule has 1 saturated heterocycles. The van der Waals surface area contributed by atoms with Crippen LogP contribution in [0, 0.1) is 0 Å². The average Bonchev–Trinajstić information content (AvgIpc) is 2.57. The third kappa shape index (κ3) is 5.09. The first-order valence-corrected chi connectivity index (χ1v) is 9.71. The van der Waals surface area contributed by atoms with Crippen molar-refractivity contribution in [3.05, 3.63) is 29.3 Å². The van der Waals surface area contributed by atoms with E-state index in [0.29, 0.717) is 24.7 Å². The van der Waals surface area contributed by atoms with Gasteiger partial charge in [-0.15, -0.1) is 12.4 Å². The molecule has 0 radical (unpaired) electrons. The molecule has 0 saturated carbocycles. The van der Waals surface area contributed by atoms with Crippen LogP contribution in [0.3, 0.4) is 0 Å². The summed E-state index contributed by atoms with van der Waals surface area (Å²) in [6, 6.07) is 7.31. The summed E-state index contributed by atoms with van der Waals surface area (Å²) in [7, 11) is 0. The summed E-state index contributed by atoms with van der Waals surface area (Å²) in [5.74, 6) is 3.19. The number of hydrogen-bond acceptors (Lipinski definition) is 8. The third-order valence-electron chi connectivity index (χ3n) is 4.01. The Hall–Kier alpha value is -1.35. The topological polar surface area (TPSA) is 98.5 Å². The lowest BCUT2D eigenvalue weighted by molar-refractivity contribution is -0.171. The summed E-state index contributed by atoms with van der Waals surface area (Å²) in [5, 5.41) is 2.28. The van der Waals surface area contributed by atoms with Crippen molar-refractivity contribution in [3.63, 3.8) is 0 Å². The molecular weight excluding hydrogens is 397 g/mol. The Bertz CT molecular complexity index is 668. The van der Waals surface area contributed by atoms with Crippen LogP contribution in [0.25, 0.3) is 0 Å². The second-order valence-corrected chi connectivity index (χ2v) is 7.48. The van der Waals surface area contributed by atoms with Crippen LogP contribution >= 0.6 is 35.8 Å². The summed E-state index contributed by atoms with van der Waals surface area (Å²) in [6.45, 7) is 0.959. The molecule has 0 aromatic heterocycles. The van der Waals surface area contributed by atoms with Crippen molar-refractivity contribution in [3.8, 4) is 5.75 Å². The van der Waals surface area contributed by atoms with Crippen LogP contribution in [0.15, 0.2) is 34.3 Å². The molecule has 2 heterocycles. The molecule has 0 bridgehead atoms. The second kappa shape index (κ2) is 9.55. The summed E-state index contributed by atoms with van der Waals surface area (Å²) in [4.78, 5) is 14.5. The minimum atomic E-state index is -0.533. The molecule has 1 fully saturated rings. The van der Waals surface area contributed by atoms with Crippen LogP contribution in [0.5, 0.6) is 5.75 Å². The van der Waals surface area contributed by atoms with Crippen molar-refractivity contribution in [2.45, 2.75) is 24.9 Å². The van der Waals surface area contributed by atoms with Gasteiger partial charge in [-0.3, -0.25) is 4.84 Å². The Morgan fingerprint density at radius 1 is 1.23 bits per heavy atom. The molecule has 10 heteroatoms. The monoisotopic (exact) mass is 419 g/mol. The van der Waals surface area contributed by atoms with Gasteiger partial charge in [-0.1, -0.05) is 17.7 Å². The van der Waals surface area contributed by atoms with Crippen molar-refractivity contribution >= 4 is 47.7 Å². The smallest absolute Gasteiger partial charge is 0.226 e. The third-order valence-corrected chi connectivity index (χ3v) is 5.23. The zero-order valence-electron chi connectivity index (χ0n) is 14.3. The number of hydrogen-bond donors (Lipinski definition) is 2. The first-order chi connectivity index (χ1) is 12.1. The van der Waals surface area contributed by atoms with Crippen LogP contribution in [0.4, 0.5) is 0 Å². The minimum absolute atomic E-state index is 0. The van der Waals surface area contributed by atoms with E-state index in [9.17, 15) is 0 Å². The molecule has 1 aromatic carbocycles. The van der Waals surface area contributed by atoms with Crippen LogP contribution < -0.4 is 16.2 Å². The Labute approximate surface area is 168 Å². The van der Waals surface area contributed by atoms with Gasteiger partial charge in [0.1, 0.15) is 5.75 Å². The molecule has 0 atom stereocenters. The molecule has 4 N–H and O–H groups in total. The Morgan fingerprint density at radius 3 is 2.73 bits per heavy atom. The van der Waals surface area contributed by atoms with E-state index in [4.69, 9.17) is 32.6 Å². The van der Waals surface area contributed by atoms with Gasteiger partial charge in [0.2, 0.25) is 11.9 Å². The van der Waals surface area contributed by atoms with E-state index in [1.807, 2.05) is 30.0 Å². The van der Waals surface area contributed by atoms with Gasteiger partial charge in [-0.25, -0.2) is 4.99 Å². The number of rotatable bonds is 6. The predicted octanol–water partition coefficient (Wildman–Crippen LogP) is 2.63. The van der Waals surface area contributed by atoms with Gasteiger partial charge in [-0.05, 0) is 29.7 Å². The number of ether oxygens (including phenoxy) is 1. The number of thioether (sulfide) groups is 1. The molecule has 7 nitrogen and oxygen atoms in total. The molecule has 26 heavy (non-hydrogen) atoms. The highest BCUT2D eigenvalue weighted by Crippen LogP contribution is 2.35. The van der Waals surface area contributed by atoms with Gasteiger partial charge >= 0.3 is 0 Å². The van der Waals surface area contributed by atoms with E-state index in [1.165, 1.54) is 0 Å². The number of aliphatic imine (C=N–C) groups is 2. The Balaban J connectivity index is 0.00000243. The van der Waals surface area contributed by atoms with Crippen molar-refractivity contribution in [1.29, 1.82) is 0 Å². The SMILES string of the molecule is Cl.NC1=NC2(CCSCC2)N(OCCCOc2cccc(Cl)c2)C(N)=N1. The number of hydroxylamine groups is 2. The molecule has 3 rings (SSSR count). The van der Waals surface area contributed by atoms with Crippen LogP contribution in [-0.4, -0.2) is 47.4 Å². The second-order valence-electron chi connectivity index (χ2n) is 5.82. The van der Waals surface area contributed by atoms with Crippen molar-refractivity contribution in [2.24, 2.45) is 21.5 Å². The molecule has 0 aliphatic carbocycles. The van der Waals surface area contributed by atoms with Crippen LogP contribution in [0.1, 0.15) is 19.3 Å². The van der Waals surface area contributed by atoms with Gasteiger partial charge < -0.3 is 16.2 Å². The number of benzene rings is 1. The predicted molar refractivity (Wildman–Crippen MR) is 109 cm³/mol. The van der Waals surface area contributed by atoms with E-state index in [0.717, 1.165) is 30.1 Å². The fourth-order valence-electron chi connectivity index (χ4n) is 2.82. The number of nitrogens with zero attached hydrogens (tertiary/aromatic N) is 3. The van der Waals surface area contributed by atoms with E-state index >= 15 is 0 Å². The fourth-order valence-corrected chi connectivity index (χ4v) is 4.15. The quantitative estimate of drug-likeness (QED) is 0.687. The number of nitrogens with two attached hydrogens (primary N) is 2. The molecule has 2 aliphatic heterocycles. The van der Waals surface area contributed by atoms with E-state index in [-0.39, 0.29) is 24.3 Å². The number of halogens is 2. The molecule has 1 spiro atoms. The summed E-state index contributed by atoms with van der Waals surface area (Å²) in [6.07, 6.45) is 2.35. The maximum Gasteiger partial charge on any atom is 0.226 e. The maximum atomic E-state index is 6.03. The Kier molecular flexibility index (Phi) is 7.69. The first kappa shape index (κ1) is 21.0. The molecule has 2 aliphatic rings. The lowest BCUT2D eigenvalue weighted by Gasteiger charge is -2.43. The maximum absolute atomic E-state index is 6.03. The van der Waals surface area contributed by atoms with Crippen LogP contribution in [-0.2, 0) is 4.84 Å². The summed E-state index contributed by atoms with van der Waals surface area (Å²) in [5.41, 5.74) is 11.3. The summed E-state index contributed by atoms with van der Waals surface area (Å²) < 4.78 is 5.66. The van der Waals surface area contributed by atoms with E-state index < -0.39 is 5.66 Å². The molecular formula is C16H23Cl2N5O2S.